The summed E-state index contributed by atoms with van der Waals surface area (Å²) in [6, 6.07) is 3.56. The summed E-state index contributed by atoms with van der Waals surface area (Å²) in [5, 5.41) is 17.2. The number of aliphatic carboxylic acids is 1. The number of carbonyl (C=O) groups is 1. The molecule has 2 aromatic rings. The molecule has 0 saturated carbocycles. The second kappa shape index (κ2) is 7.87. The number of carboxylic acid groups (broad SMARTS) is 1. The third-order valence-corrected chi connectivity index (χ3v) is 3.97. The van der Waals surface area contributed by atoms with Crippen LogP contribution >= 0.6 is 11.8 Å². The minimum absolute atomic E-state index is 0.0525. The highest BCUT2D eigenvalue weighted by Gasteiger charge is 2.16. The molecule has 2 heterocycles. The van der Waals surface area contributed by atoms with Crippen molar-refractivity contribution in [1.82, 2.24) is 10.2 Å². The number of carboxylic acids is 1. The van der Waals surface area contributed by atoms with Gasteiger partial charge in [0.15, 0.2) is 5.88 Å². The van der Waals surface area contributed by atoms with E-state index in [-0.39, 0.29) is 10.1 Å². The van der Waals surface area contributed by atoms with Crippen molar-refractivity contribution in [1.29, 1.82) is 0 Å². The van der Waals surface area contributed by atoms with Gasteiger partial charge in [-0.05, 0) is 31.7 Å². The van der Waals surface area contributed by atoms with Gasteiger partial charge in [0, 0.05) is 31.7 Å². The normalized spacial score (nSPS) is 11.7. The largest absolute Gasteiger partial charge is 0.477 e. The summed E-state index contributed by atoms with van der Waals surface area (Å²) in [6.07, 6.45) is 2.06. The fourth-order valence-electron chi connectivity index (χ4n) is 1.91. The Labute approximate surface area is 138 Å². The van der Waals surface area contributed by atoms with E-state index in [9.17, 15) is 9.90 Å². The van der Waals surface area contributed by atoms with Crippen LogP contribution < -0.4 is 4.90 Å². The maximum absolute atomic E-state index is 11.4. The Hall–Kier alpha value is -2.22. The summed E-state index contributed by atoms with van der Waals surface area (Å²) in [6.45, 7) is 7.57. The van der Waals surface area contributed by atoms with E-state index in [1.807, 2.05) is 31.7 Å². The van der Waals surface area contributed by atoms with Gasteiger partial charge in [-0.3, -0.25) is 0 Å². The highest BCUT2D eigenvalue weighted by molar-refractivity contribution is 8.03. The van der Waals surface area contributed by atoms with Gasteiger partial charge in [-0.15, -0.1) is 10.2 Å². The van der Waals surface area contributed by atoms with Gasteiger partial charge in [0.05, 0.1) is 0 Å². The van der Waals surface area contributed by atoms with Crippen molar-refractivity contribution in [3.63, 3.8) is 0 Å². The van der Waals surface area contributed by atoms with E-state index in [1.165, 1.54) is 6.08 Å². The topological polar surface area (TPSA) is 92.6 Å². The number of furan rings is 1. The van der Waals surface area contributed by atoms with Gasteiger partial charge in [0.25, 0.3) is 5.22 Å². The zero-order valence-electron chi connectivity index (χ0n) is 13.3. The molecule has 2 rings (SSSR count). The molecule has 2 aromatic heterocycles. The molecular formula is C15H19N3O4S. The number of hydrogen-bond acceptors (Lipinski definition) is 7. The van der Waals surface area contributed by atoms with Crippen LogP contribution in [0.25, 0.3) is 6.08 Å². The highest BCUT2D eigenvalue weighted by atomic mass is 32.2. The SMILES string of the molecule is CCc1nnc(S/C(=C/c2ccc(N(CC)CC)o2)C(=O)O)o1. The molecule has 0 bridgehead atoms. The molecule has 0 aliphatic rings. The van der Waals surface area contributed by atoms with Gasteiger partial charge in [0.1, 0.15) is 10.7 Å². The molecule has 0 aliphatic carbocycles. The standard InChI is InChI=1S/C15H19N3O4S/c1-4-12-16-17-15(22-12)23-11(14(19)20)9-10-7-8-13(21-10)18(5-2)6-3/h7-9H,4-6H2,1-3H3,(H,19,20)/b11-9+. The molecule has 0 fully saturated rings. The van der Waals surface area contributed by atoms with E-state index < -0.39 is 5.97 Å². The third-order valence-electron chi connectivity index (χ3n) is 3.12. The number of anilines is 1. The molecule has 0 aliphatic heterocycles. The van der Waals surface area contributed by atoms with Gasteiger partial charge in [-0.25, -0.2) is 4.79 Å². The van der Waals surface area contributed by atoms with Crippen LogP contribution in [0.15, 0.2) is 31.1 Å². The van der Waals surface area contributed by atoms with Crippen LogP contribution in [-0.2, 0) is 11.2 Å². The number of nitrogens with zero attached hydrogens (tertiary/aromatic N) is 3. The van der Waals surface area contributed by atoms with Crippen LogP contribution in [0.5, 0.6) is 0 Å². The Morgan fingerprint density at radius 3 is 2.57 bits per heavy atom. The van der Waals surface area contributed by atoms with E-state index >= 15 is 0 Å². The molecule has 0 spiro atoms. The van der Waals surface area contributed by atoms with Crippen molar-refractivity contribution in [2.75, 3.05) is 18.0 Å². The number of hydrogen-bond donors (Lipinski definition) is 1. The van der Waals surface area contributed by atoms with E-state index in [0.717, 1.165) is 24.9 Å². The molecule has 23 heavy (non-hydrogen) atoms. The van der Waals surface area contributed by atoms with Gasteiger partial charge >= 0.3 is 5.97 Å². The Morgan fingerprint density at radius 1 is 1.26 bits per heavy atom. The van der Waals surface area contributed by atoms with Crippen molar-refractivity contribution in [2.45, 2.75) is 32.4 Å². The van der Waals surface area contributed by atoms with Crippen molar-refractivity contribution < 1.29 is 18.7 Å². The quantitative estimate of drug-likeness (QED) is 0.579. The molecule has 0 unspecified atom stereocenters. The van der Waals surface area contributed by atoms with E-state index in [4.69, 9.17) is 8.83 Å². The van der Waals surface area contributed by atoms with Crippen molar-refractivity contribution in [3.05, 3.63) is 28.7 Å². The first kappa shape index (κ1) is 17.1. The van der Waals surface area contributed by atoms with Crippen LogP contribution in [0, 0.1) is 0 Å². The summed E-state index contributed by atoms with van der Waals surface area (Å²) in [7, 11) is 0. The summed E-state index contributed by atoms with van der Waals surface area (Å²) in [4.78, 5) is 13.5. The molecule has 0 radical (unpaired) electrons. The number of rotatable bonds is 8. The lowest BCUT2D eigenvalue weighted by Crippen LogP contribution is -2.20. The predicted molar refractivity (Wildman–Crippen MR) is 87.4 cm³/mol. The zero-order chi connectivity index (χ0) is 16.8. The Kier molecular flexibility index (Phi) is 5.86. The smallest absolute Gasteiger partial charge is 0.342 e. The number of aryl methyl sites for hydroxylation is 1. The molecule has 124 valence electrons. The molecule has 0 aromatic carbocycles. The maximum Gasteiger partial charge on any atom is 0.342 e. The monoisotopic (exact) mass is 337 g/mol. The molecule has 0 saturated heterocycles. The van der Waals surface area contributed by atoms with E-state index in [1.54, 1.807) is 6.07 Å². The van der Waals surface area contributed by atoms with Gasteiger partial charge in [-0.2, -0.15) is 0 Å². The van der Waals surface area contributed by atoms with Crippen molar-refractivity contribution in [3.8, 4) is 0 Å². The van der Waals surface area contributed by atoms with Crippen LogP contribution in [0.3, 0.4) is 0 Å². The Morgan fingerprint density at radius 2 is 2.00 bits per heavy atom. The molecule has 8 heteroatoms. The van der Waals surface area contributed by atoms with Gasteiger partial charge < -0.3 is 18.8 Å². The molecule has 0 atom stereocenters. The minimum atomic E-state index is -1.08. The number of aromatic nitrogens is 2. The second-order valence-electron chi connectivity index (χ2n) is 4.58. The maximum atomic E-state index is 11.4. The highest BCUT2D eigenvalue weighted by Crippen LogP contribution is 2.29. The molecule has 0 amide bonds. The first-order valence-corrected chi connectivity index (χ1v) is 8.19. The summed E-state index contributed by atoms with van der Waals surface area (Å²) in [5.74, 6) is 0.570. The van der Waals surface area contributed by atoms with Crippen LogP contribution in [0.2, 0.25) is 0 Å². The first-order chi connectivity index (χ1) is 11.1. The third kappa shape index (κ3) is 4.38. The van der Waals surface area contributed by atoms with Crippen LogP contribution in [0.1, 0.15) is 32.4 Å². The lowest BCUT2D eigenvalue weighted by Gasteiger charge is -2.16. The van der Waals surface area contributed by atoms with E-state index in [0.29, 0.717) is 24.0 Å². The fraction of sp³-hybridized carbons (Fsp3) is 0.400. The van der Waals surface area contributed by atoms with Gasteiger partial charge in [-0.1, -0.05) is 6.92 Å². The molecule has 7 nitrogen and oxygen atoms in total. The summed E-state index contributed by atoms with van der Waals surface area (Å²) >= 11 is 0.905. The molecule has 1 N–H and O–H groups in total. The zero-order valence-corrected chi connectivity index (χ0v) is 14.1. The van der Waals surface area contributed by atoms with Crippen molar-refractivity contribution >= 4 is 29.7 Å². The Bertz CT molecular complexity index is 688. The van der Waals surface area contributed by atoms with Crippen LogP contribution in [-0.4, -0.2) is 34.4 Å². The van der Waals surface area contributed by atoms with Gasteiger partial charge in [0.2, 0.25) is 5.89 Å². The lowest BCUT2D eigenvalue weighted by molar-refractivity contribution is -0.131. The average molecular weight is 337 g/mol. The van der Waals surface area contributed by atoms with Crippen LogP contribution in [0.4, 0.5) is 5.88 Å². The number of thioether (sulfide) groups is 1. The fourth-order valence-corrected chi connectivity index (χ4v) is 2.58. The van der Waals surface area contributed by atoms with Crippen molar-refractivity contribution in [2.24, 2.45) is 0 Å². The lowest BCUT2D eigenvalue weighted by atomic mass is 10.4. The van der Waals surface area contributed by atoms with E-state index in [2.05, 4.69) is 10.2 Å². The molecular weight excluding hydrogens is 318 g/mol. The predicted octanol–water partition coefficient (Wildman–Crippen LogP) is 3.29. The minimum Gasteiger partial charge on any atom is -0.477 e. The Balaban J connectivity index is 2.20. The summed E-state index contributed by atoms with van der Waals surface area (Å²) < 4.78 is 11.0. The second-order valence-corrected chi connectivity index (χ2v) is 5.57. The summed E-state index contributed by atoms with van der Waals surface area (Å²) in [5.41, 5.74) is 0. The first-order valence-electron chi connectivity index (χ1n) is 7.37. The average Bonchev–Trinajstić information content (AvgIpc) is 3.17.